The molecule has 5 nitrogen and oxygen atoms in total. The van der Waals surface area contributed by atoms with Crippen LogP contribution in [0.3, 0.4) is 0 Å². The molecule has 17 heavy (non-hydrogen) atoms. The molecule has 2 aromatic rings. The minimum Gasteiger partial charge on any atom is -0.357 e. The van der Waals surface area contributed by atoms with Gasteiger partial charge >= 0.3 is 0 Å². The Morgan fingerprint density at radius 2 is 2.24 bits per heavy atom. The van der Waals surface area contributed by atoms with E-state index in [-0.39, 0.29) is 0 Å². The van der Waals surface area contributed by atoms with Crippen LogP contribution in [0.25, 0.3) is 4.96 Å². The lowest BCUT2D eigenvalue weighted by Gasteiger charge is -2.21. The molecule has 0 aliphatic heterocycles. The lowest BCUT2D eigenvalue weighted by Crippen LogP contribution is -2.25. The fourth-order valence-corrected chi connectivity index (χ4v) is 3.50. The number of anilines is 1. The van der Waals surface area contributed by atoms with E-state index in [1.165, 1.54) is 0 Å². The molecule has 1 saturated carbocycles. The summed E-state index contributed by atoms with van der Waals surface area (Å²) >= 11 is 3.73. The van der Waals surface area contributed by atoms with Crippen LogP contribution in [0, 0.1) is 3.70 Å². The van der Waals surface area contributed by atoms with Crippen molar-refractivity contribution in [2.24, 2.45) is 0 Å². The van der Waals surface area contributed by atoms with E-state index < -0.39 is 0 Å². The molecule has 1 aliphatic rings. The Balaban J connectivity index is 1.71. The van der Waals surface area contributed by atoms with E-state index in [1.54, 1.807) is 15.9 Å². The zero-order valence-electron chi connectivity index (χ0n) is 9.02. The Labute approximate surface area is 116 Å². The van der Waals surface area contributed by atoms with Crippen LogP contribution in [0.1, 0.15) is 25.7 Å². The third-order valence-corrected chi connectivity index (χ3v) is 4.26. The Morgan fingerprint density at radius 1 is 1.47 bits per heavy atom. The molecular weight excluding hydrogens is 351 g/mol. The molecule has 0 amide bonds. The first kappa shape index (κ1) is 11.4. The van der Waals surface area contributed by atoms with Crippen LogP contribution in [-0.2, 0) is 4.79 Å². The summed E-state index contributed by atoms with van der Waals surface area (Å²) in [5.74, 6) is 0.381. The summed E-state index contributed by atoms with van der Waals surface area (Å²) < 4.78 is 2.75. The van der Waals surface area contributed by atoms with Gasteiger partial charge in [-0.3, -0.25) is 4.79 Å². The average Bonchev–Trinajstić information content (AvgIpc) is 2.78. The second kappa shape index (κ2) is 4.52. The van der Waals surface area contributed by atoms with Gasteiger partial charge in [0.15, 0.2) is 0 Å². The fourth-order valence-electron chi connectivity index (χ4n) is 1.99. The summed E-state index contributed by atoms with van der Waals surface area (Å²) in [4.78, 5) is 16.4. The summed E-state index contributed by atoms with van der Waals surface area (Å²) in [6.07, 6.45) is 5.12. The number of hydrogen-bond acceptors (Lipinski definition) is 5. The normalized spacial score (nSPS) is 17.8. The molecule has 0 spiro atoms. The molecule has 2 aromatic heterocycles. The standard InChI is InChI=1S/C10H11IN4OS/c11-8-5-15-10(13-8)17-9(14-15)12-6-1-3-7(16)4-2-6/h5-6H,1-4H2,(H,12,14). The monoisotopic (exact) mass is 362 g/mol. The second-order valence-electron chi connectivity index (χ2n) is 4.16. The molecule has 2 heterocycles. The van der Waals surface area contributed by atoms with Crippen molar-refractivity contribution >= 4 is 49.8 Å². The maximum Gasteiger partial charge on any atom is 0.214 e. The predicted octanol–water partition coefficient (Wildman–Crippen LogP) is 2.32. The molecule has 1 aliphatic carbocycles. The lowest BCUT2D eigenvalue weighted by atomic mass is 9.95. The van der Waals surface area contributed by atoms with Crippen LogP contribution in [0.15, 0.2) is 6.20 Å². The zero-order valence-corrected chi connectivity index (χ0v) is 12.0. The number of halogens is 1. The Kier molecular flexibility index (Phi) is 3.03. The van der Waals surface area contributed by atoms with Crippen LogP contribution in [0.4, 0.5) is 5.13 Å². The van der Waals surface area contributed by atoms with Crippen molar-refractivity contribution in [3.63, 3.8) is 0 Å². The molecule has 0 aromatic carbocycles. The summed E-state index contributed by atoms with van der Waals surface area (Å²) in [5, 5.41) is 8.70. The number of ketones is 1. The van der Waals surface area contributed by atoms with Crippen LogP contribution in [0.2, 0.25) is 0 Å². The molecule has 0 saturated heterocycles. The molecule has 7 heteroatoms. The van der Waals surface area contributed by atoms with Crippen molar-refractivity contribution < 1.29 is 4.79 Å². The number of nitrogens with one attached hydrogen (secondary N) is 1. The van der Waals surface area contributed by atoms with E-state index in [2.05, 4.69) is 38.0 Å². The molecule has 0 unspecified atom stereocenters. The Bertz CT molecular complexity index is 522. The van der Waals surface area contributed by atoms with Crippen molar-refractivity contribution in [2.75, 3.05) is 5.32 Å². The van der Waals surface area contributed by atoms with Gasteiger partial charge in [-0.1, -0.05) is 11.3 Å². The van der Waals surface area contributed by atoms with Crippen LogP contribution in [0.5, 0.6) is 0 Å². The zero-order chi connectivity index (χ0) is 11.8. The van der Waals surface area contributed by atoms with Crippen molar-refractivity contribution in [3.05, 3.63) is 9.90 Å². The summed E-state index contributed by atoms with van der Waals surface area (Å²) in [6, 6.07) is 0.377. The van der Waals surface area contributed by atoms with E-state index >= 15 is 0 Å². The maximum atomic E-state index is 11.1. The number of Topliss-reactive ketones (excluding diaryl/α,β-unsaturated/α-hetero) is 1. The number of carbonyl (C=O) groups is 1. The van der Waals surface area contributed by atoms with E-state index in [0.29, 0.717) is 24.7 Å². The molecule has 0 bridgehead atoms. The van der Waals surface area contributed by atoms with Crippen molar-refractivity contribution in [2.45, 2.75) is 31.7 Å². The van der Waals surface area contributed by atoms with Gasteiger partial charge in [0, 0.05) is 18.9 Å². The number of nitrogens with zero attached hydrogens (tertiary/aromatic N) is 3. The van der Waals surface area contributed by atoms with E-state index in [0.717, 1.165) is 26.6 Å². The third kappa shape index (κ3) is 2.44. The molecular formula is C10H11IN4OS. The van der Waals surface area contributed by atoms with Gasteiger partial charge in [-0.05, 0) is 35.4 Å². The number of aromatic nitrogens is 3. The minimum absolute atomic E-state index is 0.377. The molecule has 90 valence electrons. The number of carbonyl (C=O) groups excluding carboxylic acids is 1. The number of rotatable bonds is 2. The van der Waals surface area contributed by atoms with Gasteiger partial charge in [0.2, 0.25) is 10.1 Å². The molecule has 1 fully saturated rings. The average molecular weight is 362 g/mol. The highest BCUT2D eigenvalue weighted by Gasteiger charge is 2.19. The smallest absolute Gasteiger partial charge is 0.214 e. The van der Waals surface area contributed by atoms with Crippen LogP contribution < -0.4 is 5.32 Å². The SMILES string of the molecule is O=C1CCC(Nc2nn3cc(I)nc3s2)CC1. The highest BCUT2D eigenvalue weighted by Crippen LogP contribution is 2.24. The molecule has 3 rings (SSSR count). The van der Waals surface area contributed by atoms with Crippen molar-refractivity contribution in [1.82, 2.24) is 14.6 Å². The quantitative estimate of drug-likeness (QED) is 0.834. The second-order valence-corrected chi connectivity index (χ2v) is 6.22. The highest BCUT2D eigenvalue weighted by molar-refractivity contribution is 14.1. The van der Waals surface area contributed by atoms with Gasteiger partial charge in [-0.2, -0.15) is 0 Å². The fraction of sp³-hybridized carbons (Fsp3) is 0.500. The Hall–Kier alpha value is -0.700. The van der Waals surface area contributed by atoms with E-state index in [9.17, 15) is 4.79 Å². The first-order chi connectivity index (χ1) is 8.20. The van der Waals surface area contributed by atoms with Crippen LogP contribution >= 0.6 is 33.9 Å². The summed E-state index contributed by atoms with van der Waals surface area (Å²) in [7, 11) is 0. The number of fused-ring (bicyclic) bond motifs is 1. The number of hydrogen-bond donors (Lipinski definition) is 1. The molecule has 1 N–H and O–H groups in total. The first-order valence-electron chi connectivity index (χ1n) is 5.50. The maximum absolute atomic E-state index is 11.1. The van der Waals surface area contributed by atoms with Gasteiger partial charge in [0.1, 0.15) is 9.48 Å². The Morgan fingerprint density at radius 3 is 2.94 bits per heavy atom. The van der Waals surface area contributed by atoms with Crippen molar-refractivity contribution in [1.29, 1.82) is 0 Å². The lowest BCUT2D eigenvalue weighted by molar-refractivity contribution is -0.120. The third-order valence-electron chi connectivity index (χ3n) is 2.88. The van der Waals surface area contributed by atoms with Gasteiger partial charge in [-0.15, -0.1) is 5.10 Å². The molecule has 0 atom stereocenters. The van der Waals surface area contributed by atoms with E-state index in [4.69, 9.17) is 0 Å². The first-order valence-corrected chi connectivity index (χ1v) is 7.40. The topological polar surface area (TPSA) is 59.3 Å². The summed E-state index contributed by atoms with van der Waals surface area (Å²) in [5.41, 5.74) is 0. The van der Waals surface area contributed by atoms with E-state index in [1.807, 2.05) is 6.20 Å². The largest absolute Gasteiger partial charge is 0.357 e. The predicted molar refractivity (Wildman–Crippen MR) is 74.5 cm³/mol. The molecule has 0 radical (unpaired) electrons. The van der Waals surface area contributed by atoms with Gasteiger partial charge in [-0.25, -0.2) is 9.50 Å². The van der Waals surface area contributed by atoms with Gasteiger partial charge < -0.3 is 5.32 Å². The van der Waals surface area contributed by atoms with Crippen LogP contribution in [-0.4, -0.2) is 26.4 Å². The van der Waals surface area contributed by atoms with Crippen molar-refractivity contribution in [3.8, 4) is 0 Å². The highest BCUT2D eigenvalue weighted by atomic mass is 127. The van der Waals surface area contributed by atoms with Gasteiger partial charge in [0.25, 0.3) is 0 Å². The minimum atomic E-state index is 0.377. The summed E-state index contributed by atoms with van der Waals surface area (Å²) in [6.45, 7) is 0. The number of imidazole rings is 1. The van der Waals surface area contributed by atoms with Gasteiger partial charge in [0.05, 0.1) is 6.20 Å².